The average Bonchev–Trinajstić information content (AvgIpc) is 3.03. The first-order valence-corrected chi connectivity index (χ1v) is 8.18. The second-order valence-corrected chi connectivity index (χ2v) is 6.09. The van der Waals surface area contributed by atoms with Crippen molar-refractivity contribution in [3.8, 4) is 0 Å². The first-order valence-electron chi connectivity index (χ1n) is 7.19. The summed E-state index contributed by atoms with van der Waals surface area (Å²) in [4.78, 5) is 24.3. The minimum atomic E-state index is -0.414. The van der Waals surface area contributed by atoms with Crippen molar-refractivity contribution in [3.05, 3.63) is 53.5 Å². The van der Waals surface area contributed by atoms with Crippen LogP contribution in [-0.2, 0) is 20.9 Å². The number of aryl methyl sites for hydroxylation is 2. The summed E-state index contributed by atoms with van der Waals surface area (Å²) in [5.41, 5.74) is 2.31. The Morgan fingerprint density at radius 3 is 2.78 bits per heavy atom. The van der Waals surface area contributed by atoms with Crippen molar-refractivity contribution >= 4 is 23.6 Å². The lowest BCUT2D eigenvalue weighted by Gasteiger charge is -2.07. The number of carbonyl (C=O) groups is 2. The van der Waals surface area contributed by atoms with Gasteiger partial charge in [-0.15, -0.1) is 11.8 Å². The fourth-order valence-corrected chi connectivity index (χ4v) is 2.74. The summed E-state index contributed by atoms with van der Waals surface area (Å²) < 4.78 is 10.0. The third-order valence-electron chi connectivity index (χ3n) is 3.08. The SMILES string of the molecule is Cc1ccc(SCC(=O)OCC(=O)NCc2ccco2)c(C)c1. The highest BCUT2D eigenvalue weighted by atomic mass is 32.2. The first kappa shape index (κ1) is 17.1. The highest BCUT2D eigenvalue weighted by molar-refractivity contribution is 8.00. The minimum absolute atomic E-state index is 0.176. The number of benzene rings is 1. The molecule has 1 aromatic heterocycles. The molecule has 0 saturated carbocycles. The van der Waals surface area contributed by atoms with Gasteiger partial charge in [-0.05, 0) is 37.6 Å². The van der Waals surface area contributed by atoms with Gasteiger partial charge in [0.25, 0.3) is 5.91 Å². The van der Waals surface area contributed by atoms with Crippen LogP contribution in [0.4, 0.5) is 0 Å². The van der Waals surface area contributed by atoms with E-state index in [4.69, 9.17) is 9.15 Å². The molecule has 0 atom stereocenters. The molecule has 2 aromatic rings. The van der Waals surface area contributed by atoms with Crippen LogP contribution in [0.25, 0.3) is 0 Å². The maximum Gasteiger partial charge on any atom is 0.316 e. The molecule has 23 heavy (non-hydrogen) atoms. The summed E-state index contributed by atoms with van der Waals surface area (Å²) in [6.45, 7) is 4.02. The molecule has 5 nitrogen and oxygen atoms in total. The van der Waals surface area contributed by atoms with E-state index in [1.54, 1.807) is 12.1 Å². The monoisotopic (exact) mass is 333 g/mol. The zero-order chi connectivity index (χ0) is 16.7. The zero-order valence-corrected chi connectivity index (χ0v) is 13.9. The number of ether oxygens (including phenoxy) is 1. The van der Waals surface area contributed by atoms with Crippen LogP contribution < -0.4 is 5.32 Å². The van der Waals surface area contributed by atoms with Gasteiger partial charge < -0.3 is 14.5 Å². The predicted molar refractivity (Wildman–Crippen MR) is 88.2 cm³/mol. The van der Waals surface area contributed by atoms with Gasteiger partial charge in [-0.2, -0.15) is 0 Å². The van der Waals surface area contributed by atoms with Gasteiger partial charge in [-0.3, -0.25) is 9.59 Å². The van der Waals surface area contributed by atoms with E-state index in [0.29, 0.717) is 5.76 Å². The molecule has 0 aliphatic heterocycles. The third kappa shape index (κ3) is 5.83. The summed E-state index contributed by atoms with van der Waals surface area (Å²) >= 11 is 1.41. The topological polar surface area (TPSA) is 68.5 Å². The number of carbonyl (C=O) groups excluding carboxylic acids is 2. The molecule has 1 aromatic carbocycles. The van der Waals surface area contributed by atoms with E-state index in [2.05, 4.69) is 11.4 Å². The van der Waals surface area contributed by atoms with Crippen LogP contribution in [0.1, 0.15) is 16.9 Å². The fourth-order valence-electron chi connectivity index (χ4n) is 1.94. The number of amides is 1. The number of nitrogens with one attached hydrogen (secondary N) is 1. The van der Waals surface area contributed by atoms with Gasteiger partial charge in [0.15, 0.2) is 6.61 Å². The fraction of sp³-hybridized carbons (Fsp3) is 0.294. The van der Waals surface area contributed by atoms with Crippen molar-refractivity contribution in [2.75, 3.05) is 12.4 Å². The van der Waals surface area contributed by atoms with Crippen LogP contribution in [0, 0.1) is 13.8 Å². The van der Waals surface area contributed by atoms with Crippen LogP contribution in [0.2, 0.25) is 0 Å². The van der Waals surface area contributed by atoms with Gasteiger partial charge in [-0.25, -0.2) is 0 Å². The van der Waals surface area contributed by atoms with Crippen molar-refractivity contribution in [3.63, 3.8) is 0 Å². The van der Waals surface area contributed by atoms with Gasteiger partial charge >= 0.3 is 5.97 Å². The summed E-state index contributed by atoms with van der Waals surface area (Å²) in [5.74, 6) is 0.0551. The number of thioether (sulfide) groups is 1. The van der Waals surface area contributed by atoms with Crippen molar-refractivity contribution in [2.45, 2.75) is 25.3 Å². The quantitative estimate of drug-likeness (QED) is 0.623. The van der Waals surface area contributed by atoms with E-state index in [1.165, 1.54) is 23.6 Å². The molecule has 0 radical (unpaired) electrons. The molecule has 122 valence electrons. The van der Waals surface area contributed by atoms with Crippen LogP contribution in [0.3, 0.4) is 0 Å². The predicted octanol–water partition coefficient (Wildman–Crippen LogP) is 2.85. The molecule has 0 unspecified atom stereocenters. The zero-order valence-electron chi connectivity index (χ0n) is 13.1. The lowest BCUT2D eigenvalue weighted by Crippen LogP contribution is -2.28. The van der Waals surface area contributed by atoms with Gasteiger partial charge in [0.2, 0.25) is 0 Å². The molecule has 6 heteroatoms. The number of esters is 1. The van der Waals surface area contributed by atoms with Gasteiger partial charge in [0.1, 0.15) is 5.76 Å². The van der Waals surface area contributed by atoms with Crippen molar-refractivity contribution in [1.29, 1.82) is 0 Å². The molecule has 2 rings (SSSR count). The van der Waals surface area contributed by atoms with E-state index in [-0.39, 0.29) is 24.8 Å². The number of rotatable bonds is 7. The third-order valence-corrected chi connectivity index (χ3v) is 4.23. The van der Waals surface area contributed by atoms with Crippen LogP contribution >= 0.6 is 11.8 Å². The van der Waals surface area contributed by atoms with E-state index in [0.717, 1.165) is 10.5 Å². The summed E-state index contributed by atoms with van der Waals surface area (Å²) in [5, 5.41) is 2.61. The minimum Gasteiger partial charge on any atom is -0.467 e. The molecular formula is C17H19NO4S. The van der Waals surface area contributed by atoms with Gasteiger partial charge in [0.05, 0.1) is 18.6 Å². The average molecular weight is 333 g/mol. The summed E-state index contributed by atoms with van der Waals surface area (Å²) in [6, 6.07) is 9.55. The molecule has 0 saturated heterocycles. The lowest BCUT2D eigenvalue weighted by atomic mass is 10.2. The first-order chi connectivity index (χ1) is 11.0. The maximum absolute atomic E-state index is 11.7. The van der Waals surface area contributed by atoms with Gasteiger partial charge in [0, 0.05) is 4.90 Å². The summed E-state index contributed by atoms with van der Waals surface area (Å²) in [6.07, 6.45) is 1.53. The van der Waals surface area contributed by atoms with Gasteiger partial charge in [-0.1, -0.05) is 17.7 Å². The molecule has 0 fully saturated rings. The Labute approximate surface area is 139 Å². The Bertz CT molecular complexity index is 667. The van der Waals surface area contributed by atoms with Crippen LogP contribution in [0.5, 0.6) is 0 Å². The Kier molecular flexibility index (Phi) is 6.29. The smallest absolute Gasteiger partial charge is 0.316 e. The van der Waals surface area contributed by atoms with E-state index < -0.39 is 5.97 Å². The lowest BCUT2D eigenvalue weighted by molar-refractivity contribution is -0.146. The number of hydrogen-bond acceptors (Lipinski definition) is 5. The largest absolute Gasteiger partial charge is 0.467 e. The van der Waals surface area contributed by atoms with E-state index in [1.807, 2.05) is 26.0 Å². The Balaban J connectivity index is 1.67. The molecule has 1 heterocycles. The molecule has 0 aliphatic rings. The van der Waals surface area contributed by atoms with Crippen molar-refractivity contribution in [2.24, 2.45) is 0 Å². The highest BCUT2D eigenvalue weighted by Gasteiger charge is 2.09. The summed E-state index contributed by atoms with van der Waals surface area (Å²) in [7, 11) is 0. The molecule has 0 spiro atoms. The Morgan fingerprint density at radius 1 is 1.26 bits per heavy atom. The molecular weight excluding hydrogens is 314 g/mol. The van der Waals surface area contributed by atoms with Crippen LogP contribution in [0.15, 0.2) is 45.9 Å². The number of hydrogen-bond donors (Lipinski definition) is 1. The Hall–Kier alpha value is -2.21. The highest BCUT2D eigenvalue weighted by Crippen LogP contribution is 2.23. The normalized spacial score (nSPS) is 10.3. The Morgan fingerprint density at radius 2 is 2.09 bits per heavy atom. The molecule has 0 bridgehead atoms. The standard InChI is InChI=1S/C17H19NO4S/c1-12-5-6-15(13(2)8-12)23-11-17(20)22-10-16(19)18-9-14-4-3-7-21-14/h3-8H,9-11H2,1-2H3,(H,18,19). The van der Waals surface area contributed by atoms with Crippen molar-refractivity contribution < 1.29 is 18.7 Å². The van der Waals surface area contributed by atoms with E-state index in [9.17, 15) is 9.59 Å². The van der Waals surface area contributed by atoms with Crippen LogP contribution in [-0.4, -0.2) is 24.2 Å². The number of furan rings is 1. The molecule has 0 aliphatic carbocycles. The van der Waals surface area contributed by atoms with Crippen molar-refractivity contribution in [1.82, 2.24) is 5.32 Å². The maximum atomic E-state index is 11.7. The second-order valence-electron chi connectivity index (χ2n) is 5.07. The second kappa shape index (κ2) is 8.43. The molecule has 1 N–H and O–H groups in total. The van der Waals surface area contributed by atoms with E-state index >= 15 is 0 Å². The molecule has 1 amide bonds.